The molecule has 0 spiro atoms. The standard InChI is InChI=1S/C12H20IN3O2/c1-10(2)18-7-3-4-14-5-6-16-9-15-8-11(13)12(16)17/h8-10,14H,3-7H2,1-2H3. The van der Waals surface area contributed by atoms with Crippen LogP contribution in [0.15, 0.2) is 17.3 Å². The van der Waals surface area contributed by atoms with Gasteiger partial charge in [-0.2, -0.15) is 0 Å². The van der Waals surface area contributed by atoms with Crippen molar-refractivity contribution in [3.63, 3.8) is 0 Å². The summed E-state index contributed by atoms with van der Waals surface area (Å²) in [5.41, 5.74) is 0.0236. The molecule has 0 unspecified atom stereocenters. The zero-order valence-electron chi connectivity index (χ0n) is 10.9. The zero-order chi connectivity index (χ0) is 13.4. The fourth-order valence-electron chi connectivity index (χ4n) is 1.42. The lowest BCUT2D eigenvalue weighted by Crippen LogP contribution is -2.29. The first kappa shape index (κ1) is 15.6. The smallest absolute Gasteiger partial charge is 0.266 e. The van der Waals surface area contributed by atoms with E-state index >= 15 is 0 Å². The number of hydrogen-bond acceptors (Lipinski definition) is 4. The van der Waals surface area contributed by atoms with E-state index < -0.39 is 0 Å². The molecule has 0 aliphatic heterocycles. The van der Waals surface area contributed by atoms with Crippen LogP contribution in [0, 0.1) is 3.57 Å². The van der Waals surface area contributed by atoms with Gasteiger partial charge in [-0.05, 0) is 49.4 Å². The van der Waals surface area contributed by atoms with Crippen LogP contribution in [-0.2, 0) is 11.3 Å². The lowest BCUT2D eigenvalue weighted by Gasteiger charge is -2.09. The molecule has 6 heteroatoms. The summed E-state index contributed by atoms with van der Waals surface area (Å²) in [6, 6.07) is 0. The second-order valence-electron chi connectivity index (χ2n) is 4.26. The summed E-state index contributed by atoms with van der Waals surface area (Å²) in [5, 5.41) is 3.28. The Labute approximate surface area is 121 Å². The minimum absolute atomic E-state index is 0.0236. The topological polar surface area (TPSA) is 56.1 Å². The second kappa shape index (κ2) is 8.60. The van der Waals surface area contributed by atoms with Crippen LogP contribution in [0.2, 0.25) is 0 Å². The molecule has 1 N–H and O–H groups in total. The highest BCUT2D eigenvalue weighted by Gasteiger charge is 1.99. The van der Waals surface area contributed by atoms with E-state index in [1.165, 1.54) is 0 Å². The Morgan fingerprint density at radius 3 is 3.00 bits per heavy atom. The lowest BCUT2D eigenvalue weighted by molar-refractivity contribution is 0.0771. The van der Waals surface area contributed by atoms with Gasteiger partial charge < -0.3 is 10.1 Å². The van der Waals surface area contributed by atoms with Crippen molar-refractivity contribution in [2.75, 3.05) is 19.7 Å². The van der Waals surface area contributed by atoms with Gasteiger partial charge in [-0.25, -0.2) is 4.98 Å². The van der Waals surface area contributed by atoms with Crippen LogP contribution in [0.1, 0.15) is 20.3 Å². The molecule has 102 valence electrons. The van der Waals surface area contributed by atoms with E-state index in [1.807, 2.05) is 36.4 Å². The van der Waals surface area contributed by atoms with E-state index in [4.69, 9.17) is 4.74 Å². The molecule has 0 bridgehead atoms. The molecule has 18 heavy (non-hydrogen) atoms. The molecule has 1 aromatic rings. The zero-order valence-corrected chi connectivity index (χ0v) is 13.0. The van der Waals surface area contributed by atoms with Crippen LogP contribution in [0.4, 0.5) is 0 Å². The Balaban J connectivity index is 2.15. The maximum atomic E-state index is 11.7. The third-order valence-electron chi connectivity index (χ3n) is 2.34. The maximum Gasteiger partial charge on any atom is 0.266 e. The molecule has 1 rings (SSSR count). The largest absolute Gasteiger partial charge is 0.379 e. The van der Waals surface area contributed by atoms with E-state index in [-0.39, 0.29) is 5.56 Å². The first-order valence-corrected chi connectivity index (χ1v) is 7.21. The third kappa shape index (κ3) is 5.92. The summed E-state index contributed by atoms with van der Waals surface area (Å²) in [7, 11) is 0. The molecule has 0 atom stereocenters. The minimum Gasteiger partial charge on any atom is -0.379 e. The van der Waals surface area contributed by atoms with E-state index in [0.717, 1.165) is 26.1 Å². The van der Waals surface area contributed by atoms with Gasteiger partial charge in [-0.1, -0.05) is 0 Å². The number of ether oxygens (including phenoxy) is 1. The average Bonchev–Trinajstić information content (AvgIpc) is 2.32. The quantitative estimate of drug-likeness (QED) is 0.557. The summed E-state index contributed by atoms with van der Waals surface area (Å²) in [5.74, 6) is 0. The Morgan fingerprint density at radius 1 is 1.50 bits per heavy atom. The van der Waals surface area contributed by atoms with Gasteiger partial charge in [0.05, 0.1) is 16.0 Å². The Kier molecular flexibility index (Phi) is 7.45. The fraction of sp³-hybridized carbons (Fsp3) is 0.667. The Morgan fingerprint density at radius 2 is 2.28 bits per heavy atom. The molecule has 0 aliphatic carbocycles. The van der Waals surface area contributed by atoms with Crippen molar-refractivity contribution in [1.82, 2.24) is 14.9 Å². The van der Waals surface area contributed by atoms with Gasteiger partial charge in [-0.3, -0.25) is 9.36 Å². The average molecular weight is 365 g/mol. The lowest BCUT2D eigenvalue weighted by atomic mass is 10.4. The Bertz CT molecular complexity index is 407. The summed E-state index contributed by atoms with van der Waals surface area (Å²) in [6.45, 7) is 7.15. The number of hydrogen-bond donors (Lipinski definition) is 1. The summed E-state index contributed by atoms with van der Waals surface area (Å²) < 4.78 is 7.71. The molecular formula is C12H20IN3O2. The SMILES string of the molecule is CC(C)OCCCNCCn1cncc(I)c1=O. The van der Waals surface area contributed by atoms with Crippen LogP contribution < -0.4 is 10.9 Å². The van der Waals surface area contributed by atoms with Crippen LogP contribution >= 0.6 is 22.6 Å². The van der Waals surface area contributed by atoms with Gasteiger partial charge in [0, 0.05) is 25.9 Å². The van der Waals surface area contributed by atoms with Gasteiger partial charge in [0.2, 0.25) is 0 Å². The second-order valence-corrected chi connectivity index (χ2v) is 5.43. The van der Waals surface area contributed by atoms with Gasteiger partial charge in [0.15, 0.2) is 0 Å². The van der Waals surface area contributed by atoms with Crippen LogP contribution in [0.25, 0.3) is 0 Å². The van der Waals surface area contributed by atoms with Crippen molar-refractivity contribution in [3.8, 4) is 0 Å². The number of rotatable bonds is 8. The third-order valence-corrected chi connectivity index (χ3v) is 3.08. The molecular weight excluding hydrogens is 345 g/mol. The molecule has 1 heterocycles. The highest BCUT2D eigenvalue weighted by Crippen LogP contribution is 1.92. The Hall–Kier alpha value is -0.470. The summed E-state index contributed by atoms with van der Waals surface area (Å²) >= 11 is 2.00. The first-order valence-electron chi connectivity index (χ1n) is 6.13. The fourth-order valence-corrected chi connectivity index (χ4v) is 1.89. The van der Waals surface area contributed by atoms with E-state index in [1.54, 1.807) is 17.1 Å². The van der Waals surface area contributed by atoms with Gasteiger partial charge in [-0.15, -0.1) is 0 Å². The van der Waals surface area contributed by atoms with E-state index in [0.29, 0.717) is 16.2 Å². The molecule has 0 radical (unpaired) electrons. The molecule has 0 amide bonds. The van der Waals surface area contributed by atoms with Crippen molar-refractivity contribution in [2.45, 2.75) is 32.9 Å². The highest BCUT2D eigenvalue weighted by molar-refractivity contribution is 14.1. The molecule has 0 fully saturated rings. The summed E-state index contributed by atoms with van der Waals surface area (Å²) in [4.78, 5) is 15.7. The van der Waals surface area contributed by atoms with Crippen LogP contribution in [0.5, 0.6) is 0 Å². The predicted molar refractivity (Wildman–Crippen MR) is 79.8 cm³/mol. The van der Waals surface area contributed by atoms with Gasteiger partial charge in [0.25, 0.3) is 5.56 Å². The normalized spacial score (nSPS) is 11.1. The molecule has 5 nitrogen and oxygen atoms in total. The number of halogens is 1. The first-order chi connectivity index (χ1) is 8.61. The number of nitrogens with zero attached hydrogens (tertiary/aromatic N) is 2. The molecule has 1 aromatic heterocycles. The molecule has 0 aromatic carbocycles. The molecule has 0 aliphatic rings. The maximum absolute atomic E-state index is 11.7. The van der Waals surface area contributed by atoms with Crippen molar-refractivity contribution in [2.24, 2.45) is 0 Å². The highest BCUT2D eigenvalue weighted by atomic mass is 127. The minimum atomic E-state index is 0.0236. The van der Waals surface area contributed by atoms with Crippen molar-refractivity contribution in [1.29, 1.82) is 0 Å². The van der Waals surface area contributed by atoms with Gasteiger partial charge in [0.1, 0.15) is 0 Å². The molecule has 0 saturated carbocycles. The van der Waals surface area contributed by atoms with Gasteiger partial charge >= 0.3 is 0 Å². The van der Waals surface area contributed by atoms with Crippen molar-refractivity contribution < 1.29 is 4.74 Å². The van der Waals surface area contributed by atoms with Crippen molar-refractivity contribution in [3.05, 3.63) is 26.4 Å². The van der Waals surface area contributed by atoms with Crippen molar-refractivity contribution >= 4 is 22.6 Å². The van der Waals surface area contributed by atoms with Crippen LogP contribution in [-0.4, -0.2) is 35.4 Å². The number of aromatic nitrogens is 2. The van der Waals surface area contributed by atoms with E-state index in [9.17, 15) is 4.79 Å². The summed E-state index contributed by atoms with van der Waals surface area (Å²) in [6.07, 6.45) is 4.43. The van der Waals surface area contributed by atoms with Crippen LogP contribution in [0.3, 0.4) is 0 Å². The number of nitrogens with one attached hydrogen (secondary N) is 1. The molecule has 0 saturated heterocycles. The predicted octanol–water partition coefficient (Wildman–Crippen LogP) is 1.25. The monoisotopic (exact) mass is 365 g/mol. The van der Waals surface area contributed by atoms with E-state index in [2.05, 4.69) is 10.3 Å².